The molecule has 0 radical (unpaired) electrons. The number of amides is 1. The Bertz CT molecular complexity index is 342. The molecule has 2 rings (SSSR count). The van der Waals surface area contributed by atoms with Crippen LogP contribution in [-0.4, -0.2) is 74.7 Å². The van der Waals surface area contributed by atoms with E-state index in [0.29, 0.717) is 19.8 Å². The molecule has 0 aromatic carbocycles. The highest BCUT2D eigenvalue weighted by molar-refractivity contribution is 5.78. The summed E-state index contributed by atoms with van der Waals surface area (Å²) in [6.45, 7) is 6.50. The third-order valence-electron chi connectivity index (χ3n) is 5.11. The lowest BCUT2D eigenvalue weighted by Gasteiger charge is -2.45. The summed E-state index contributed by atoms with van der Waals surface area (Å²) in [7, 11) is 4.34. The number of hydrogen-bond acceptors (Lipinski definition) is 4. The Morgan fingerprint density at radius 2 is 2.10 bits per heavy atom. The van der Waals surface area contributed by atoms with Gasteiger partial charge < -0.3 is 19.9 Å². The normalized spacial score (nSPS) is 30.7. The quantitative estimate of drug-likeness (QED) is 0.820. The van der Waals surface area contributed by atoms with Crippen molar-refractivity contribution < 1.29 is 9.53 Å². The first-order valence-corrected chi connectivity index (χ1v) is 8.27. The number of morpholine rings is 1. The smallest absolute Gasteiger partial charge is 0.236 e. The standard InChI is InChI=1S/C16H31N3O2/c1-14-5-4-6-16(11-14,18(2)3)13-17-12-15(20)19-7-9-21-10-8-19/h14,17H,4-13H2,1-3H3. The second kappa shape index (κ2) is 7.56. The van der Waals surface area contributed by atoms with Gasteiger partial charge in [-0.3, -0.25) is 4.79 Å². The topological polar surface area (TPSA) is 44.8 Å². The molecule has 0 aromatic heterocycles. The fourth-order valence-electron chi connectivity index (χ4n) is 3.68. The van der Waals surface area contributed by atoms with E-state index in [9.17, 15) is 4.79 Å². The fraction of sp³-hybridized carbons (Fsp3) is 0.938. The van der Waals surface area contributed by atoms with Gasteiger partial charge in [0.1, 0.15) is 0 Å². The van der Waals surface area contributed by atoms with Crippen LogP contribution in [-0.2, 0) is 9.53 Å². The fourth-order valence-corrected chi connectivity index (χ4v) is 3.68. The van der Waals surface area contributed by atoms with Gasteiger partial charge in [-0.2, -0.15) is 0 Å². The van der Waals surface area contributed by atoms with E-state index in [1.807, 2.05) is 4.90 Å². The molecule has 1 saturated heterocycles. The number of hydrogen-bond donors (Lipinski definition) is 1. The zero-order chi connectivity index (χ0) is 15.3. The molecule has 122 valence electrons. The van der Waals surface area contributed by atoms with Crippen molar-refractivity contribution >= 4 is 5.91 Å². The summed E-state index contributed by atoms with van der Waals surface area (Å²) in [4.78, 5) is 16.4. The molecule has 2 atom stereocenters. The molecule has 1 aliphatic carbocycles. The number of likely N-dealkylation sites (N-methyl/N-ethyl adjacent to an activating group) is 1. The molecule has 1 N–H and O–H groups in total. The van der Waals surface area contributed by atoms with E-state index in [1.165, 1.54) is 25.7 Å². The lowest BCUT2D eigenvalue weighted by atomic mass is 9.75. The molecular formula is C16H31N3O2. The number of nitrogens with one attached hydrogen (secondary N) is 1. The monoisotopic (exact) mass is 297 g/mol. The minimum Gasteiger partial charge on any atom is -0.378 e. The summed E-state index contributed by atoms with van der Waals surface area (Å²) in [5, 5.41) is 3.42. The summed E-state index contributed by atoms with van der Waals surface area (Å²) in [5.74, 6) is 0.981. The molecule has 2 fully saturated rings. The van der Waals surface area contributed by atoms with Crippen LogP contribution in [0.1, 0.15) is 32.6 Å². The van der Waals surface area contributed by atoms with Gasteiger partial charge in [0.25, 0.3) is 0 Å². The van der Waals surface area contributed by atoms with Crippen LogP contribution in [0.15, 0.2) is 0 Å². The van der Waals surface area contributed by atoms with Crippen LogP contribution in [0.5, 0.6) is 0 Å². The molecule has 21 heavy (non-hydrogen) atoms. The number of ether oxygens (including phenoxy) is 1. The predicted octanol–water partition coefficient (Wildman–Crippen LogP) is 0.945. The number of carbonyl (C=O) groups excluding carboxylic acids is 1. The van der Waals surface area contributed by atoms with E-state index in [-0.39, 0.29) is 11.4 Å². The van der Waals surface area contributed by atoms with Gasteiger partial charge in [-0.05, 0) is 32.9 Å². The van der Waals surface area contributed by atoms with Crippen molar-refractivity contribution in [3.63, 3.8) is 0 Å². The van der Waals surface area contributed by atoms with Gasteiger partial charge in [0.2, 0.25) is 5.91 Å². The van der Waals surface area contributed by atoms with Gasteiger partial charge in [-0.25, -0.2) is 0 Å². The van der Waals surface area contributed by atoms with Gasteiger partial charge in [0, 0.05) is 25.2 Å². The summed E-state index contributed by atoms with van der Waals surface area (Å²) >= 11 is 0. The SMILES string of the molecule is CC1CCCC(CNCC(=O)N2CCOCC2)(N(C)C)C1. The highest BCUT2D eigenvalue weighted by Crippen LogP contribution is 2.35. The highest BCUT2D eigenvalue weighted by atomic mass is 16.5. The zero-order valence-electron chi connectivity index (χ0n) is 13.9. The van der Waals surface area contributed by atoms with Crippen LogP contribution in [0.25, 0.3) is 0 Å². The van der Waals surface area contributed by atoms with Crippen LogP contribution in [0.3, 0.4) is 0 Å². The lowest BCUT2D eigenvalue weighted by molar-refractivity contribution is -0.134. The Labute approximate surface area is 129 Å². The zero-order valence-corrected chi connectivity index (χ0v) is 13.9. The molecule has 2 aliphatic rings. The second-order valence-electron chi connectivity index (χ2n) is 6.92. The average Bonchev–Trinajstić information content (AvgIpc) is 2.48. The Hall–Kier alpha value is -0.650. The maximum absolute atomic E-state index is 12.2. The first-order valence-electron chi connectivity index (χ1n) is 8.27. The van der Waals surface area contributed by atoms with Crippen molar-refractivity contribution in [2.75, 3.05) is 53.5 Å². The number of rotatable bonds is 5. The minimum atomic E-state index is 0.205. The largest absolute Gasteiger partial charge is 0.378 e. The molecule has 1 amide bonds. The van der Waals surface area contributed by atoms with Gasteiger partial charge in [-0.1, -0.05) is 19.8 Å². The van der Waals surface area contributed by atoms with Crippen molar-refractivity contribution in [2.24, 2.45) is 5.92 Å². The molecule has 1 saturated carbocycles. The molecule has 0 bridgehead atoms. The number of carbonyl (C=O) groups is 1. The number of nitrogens with zero attached hydrogens (tertiary/aromatic N) is 2. The molecular weight excluding hydrogens is 266 g/mol. The molecule has 0 aromatic rings. The Kier molecular flexibility index (Phi) is 6.02. The van der Waals surface area contributed by atoms with Gasteiger partial charge in [-0.15, -0.1) is 0 Å². The third kappa shape index (κ3) is 4.41. The van der Waals surface area contributed by atoms with E-state index in [1.54, 1.807) is 0 Å². The van der Waals surface area contributed by atoms with Crippen LogP contribution >= 0.6 is 0 Å². The van der Waals surface area contributed by atoms with E-state index in [2.05, 4.69) is 31.2 Å². The Morgan fingerprint density at radius 3 is 2.71 bits per heavy atom. The lowest BCUT2D eigenvalue weighted by Crippen LogP contribution is -2.55. The Balaban J connectivity index is 1.80. The molecule has 1 aliphatic heterocycles. The first-order chi connectivity index (χ1) is 10.0. The summed E-state index contributed by atoms with van der Waals surface area (Å²) in [6, 6.07) is 0. The average molecular weight is 297 g/mol. The van der Waals surface area contributed by atoms with E-state index >= 15 is 0 Å². The second-order valence-corrected chi connectivity index (χ2v) is 6.92. The maximum Gasteiger partial charge on any atom is 0.236 e. The molecule has 1 heterocycles. The van der Waals surface area contributed by atoms with Crippen molar-refractivity contribution in [3.05, 3.63) is 0 Å². The van der Waals surface area contributed by atoms with Crippen LogP contribution in [0.2, 0.25) is 0 Å². The molecule has 5 nitrogen and oxygen atoms in total. The molecule has 0 spiro atoms. The summed E-state index contributed by atoms with van der Waals surface area (Å²) < 4.78 is 5.29. The van der Waals surface area contributed by atoms with E-state index < -0.39 is 0 Å². The van der Waals surface area contributed by atoms with E-state index in [4.69, 9.17) is 4.74 Å². The van der Waals surface area contributed by atoms with Crippen LogP contribution in [0.4, 0.5) is 0 Å². The van der Waals surface area contributed by atoms with Crippen LogP contribution in [0, 0.1) is 5.92 Å². The molecule has 2 unspecified atom stereocenters. The van der Waals surface area contributed by atoms with Crippen LogP contribution < -0.4 is 5.32 Å². The minimum absolute atomic E-state index is 0.205. The summed E-state index contributed by atoms with van der Waals surface area (Å²) in [6.07, 6.45) is 5.07. The first kappa shape index (κ1) is 16.7. The van der Waals surface area contributed by atoms with Crippen molar-refractivity contribution in [1.82, 2.24) is 15.1 Å². The van der Waals surface area contributed by atoms with Crippen molar-refractivity contribution in [3.8, 4) is 0 Å². The summed E-state index contributed by atoms with van der Waals surface area (Å²) in [5.41, 5.74) is 0.211. The Morgan fingerprint density at radius 1 is 1.38 bits per heavy atom. The molecule has 5 heteroatoms. The predicted molar refractivity (Wildman–Crippen MR) is 84.3 cm³/mol. The van der Waals surface area contributed by atoms with Gasteiger partial charge in [0.05, 0.1) is 19.8 Å². The third-order valence-corrected chi connectivity index (χ3v) is 5.11. The van der Waals surface area contributed by atoms with E-state index in [0.717, 1.165) is 25.6 Å². The van der Waals surface area contributed by atoms with Gasteiger partial charge in [0.15, 0.2) is 0 Å². The van der Waals surface area contributed by atoms with Crippen molar-refractivity contribution in [1.29, 1.82) is 0 Å². The highest BCUT2D eigenvalue weighted by Gasteiger charge is 2.36. The van der Waals surface area contributed by atoms with Crippen molar-refractivity contribution in [2.45, 2.75) is 38.1 Å². The maximum atomic E-state index is 12.2. The van der Waals surface area contributed by atoms with Gasteiger partial charge >= 0.3 is 0 Å².